The van der Waals surface area contributed by atoms with Gasteiger partial charge in [-0.1, -0.05) is 0 Å². The zero-order valence-corrected chi connectivity index (χ0v) is 9.52. The Hall–Kier alpha value is -0.660. The van der Waals surface area contributed by atoms with Crippen molar-refractivity contribution < 1.29 is 17.5 Å². The van der Waals surface area contributed by atoms with E-state index in [0.29, 0.717) is 4.47 Å². The fourth-order valence-corrected chi connectivity index (χ4v) is 1.99. The Labute approximate surface area is 89.0 Å². The molecule has 0 radical (unpaired) electrons. The molecule has 0 aliphatic heterocycles. The minimum atomic E-state index is -4.06. The van der Waals surface area contributed by atoms with Crippen molar-refractivity contribution in [1.82, 2.24) is 0 Å². The quantitative estimate of drug-likeness (QED) is 0.888. The van der Waals surface area contributed by atoms with E-state index in [9.17, 15) is 12.8 Å². The van der Waals surface area contributed by atoms with Gasteiger partial charge < -0.3 is 4.74 Å². The van der Waals surface area contributed by atoms with Crippen molar-refractivity contribution in [1.29, 1.82) is 0 Å². The van der Waals surface area contributed by atoms with Crippen molar-refractivity contribution in [3.63, 3.8) is 0 Å². The molecule has 0 amide bonds. The van der Waals surface area contributed by atoms with Gasteiger partial charge in [0.05, 0.1) is 11.6 Å². The summed E-state index contributed by atoms with van der Waals surface area (Å²) in [5.74, 6) is -1.18. The summed E-state index contributed by atoms with van der Waals surface area (Å²) in [5, 5.41) is 4.79. The largest absolute Gasteiger partial charge is 0.492 e. The van der Waals surface area contributed by atoms with Crippen LogP contribution in [-0.2, 0) is 10.0 Å². The highest BCUT2D eigenvalue weighted by Gasteiger charge is 2.19. The third-order valence-corrected chi connectivity index (χ3v) is 3.08. The molecule has 0 saturated heterocycles. The van der Waals surface area contributed by atoms with Crippen LogP contribution in [0.3, 0.4) is 0 Å². The molecule has 2 N–H and O–H groups in total. The van der Waals surface area contributed by atoms with Gasteiger partial charge in [0.1, 0.15) is 4.90 Å². The molecule has 1 aromatic carbocycles. The number of benzene rings is 1. The first-order chi connectivity index (χ1) is 6.38. The average Bonchev–Trinajstić information content (AvgIpc) is 2.02. The van der Waals surface area contributed by atoms with Crippen molar-refractivity contribution in [3.05, 3.63) is 22.4 Å². The van der Waals surface area contributed by atoms with Crippen LogP contribution in [0.25, 0.3) is 0 Å². The normalized spacial score (nSPS) is 11.4. The Morgan fingerprint density at radius 1 is 1.50 bits per heavy atom. The summed E-state index contributed by atoms with van der Waals surface area (Å²) in [5.41, 5.74) is 0. The van der Waals surface area contributed by atoms with Crippen LogP contribution in [0.5, 0.6) is 5.75 Å². The Kier molecular flexibility index (Phi) is 3.13. The number of halogens is 2. The van der Waals surface area contributed by atoms with E-state index in [0.717, 1.165) is 6.07 Å². The maximum atomic E-state index is 13.4. The van der Waals surface area contributed by atoms with Gasteiger partial charge in [-0.15, -0.1) is 0 Å². The van der Waals surface area contributed by atoms with Crippen molar-refractivity contribution in [2.24, 2.45) is 5.14 Å². The molecule has 7 heteroatoms. The maximum absolute atomic E-state index is 13.4. The summed E-state index contributed by atoms with van der Waals surface area (Å²) < 4.78 is 40.2. The van der Waals surface area contributed by atoms with Crippen molar-refractivity contribution >= 4 is 26.0 Å². The van der Waals surface area contributed by atoms with Gasteiger partial charge in [0.15, 0.2) is 11.6 Å². The molecule has 0 aliphatic rings. The number of nitrogens with two attached hydrogens (primary N) is 1. The molecule has 0 atom stereocenters. The van der Waals surface area contributed by atoms with Crippen LogP contribution in [0.1, 0.15) is 0 Å². The fraction of sp³-hybridized carbons (Fsp3) is 0.143. The molecular formula is C7H7BrFNO3S. The maximum Gasteiger partial charge on any atom is 0.241 e. The van der Waals surface area contributed by atoms with Crippen LogP contribution in [0.2, 0.25) is 0 Å². The summed E-state index contributed by atoms with van der Waals surface area (Å²) in [6, 6.07) is 2.42. The third-order valence-electron chi connectivity index (χ3n) is 1.52. The number of ether oxygens (including phenoxy) is 1. The second-order valence-electron chi connectivity index (χ2n) is 2.44. The molecule has 0 saturated carbocycles. The van der Waals surface area contributed by atoms with E-state index in [1.807, 2.05) is 0 Å². The molecule has 4 nitrogen and oxygen atoms in total. The summed E-state index contributed by atoms with van der Waals surface area (Å²) >= 11 is 3.01. The fourth-order valence-electron chi connectivity index (χ4n) is 0.921. The van der Waals surface area contributed by atoms with Crippen LogP contribution in [0, 0.1) is 5.82 Å². The van der Waals surface area contributed by atoms with Gasteiger partial charge in [-0.3, -0.25) is 0 Å². The molecule has 0 aromatic heterocycles. The molecular weight excluding hydrogens is 277 g/mol. The lowest BCUT2D eigenvalue weighted by atomic mass is 10.3. The van der Waals surface area contributed by atoms with Gasteiger partial charge in [0.25, 0.3) is 0 Å². The summed E-state index contributed by atoms with van der Waals surface area (Å²) in [6.45, 7) is 0. The molecule has 14 heavy (non-hydrogen) atoms. The minimum Gasteiger partial charge on any atom is -0.492 e. The molecule has 0 aliphatic carbocycles. The molecule has 0 heterocycles. The van der Waals surface area contributed by atoms with E-state index in [4.69, 9.17) is 5.14 Å². The molecule has 0 fully saturated rings. The highest BCUT2D eigenvalue weighted by Crippen LogP contribution is 2.31. The van der Waals surface area contributed by atoms with Crippen LogP contribution in [0.4, 0.5) is 4.39 Å². The van der Waals surface area contributed by atoms with Crippen LogP contribution < -0.4 is 9.88 Å². The van der Waals surface area contributed by atoms with Gasteiger partial charge >= 0.3 is 0 Å². The zero-order valence-electron chi connectivity index (χ0n) is 7.12. The number of rotatable bonds is 2. The molecule has 78 valence electrons. The lowest BCUT2D eigenvalue weighted by molar-refractivity contribution is 0.378. The molecule has 1 rings (SSSR count). The van der Waals surface area contributed by atoms with Crippen molar-refractivity contribution in [2.75, 3.05) is 7.11 Å². The molecule has 1 aromatic rings. The smallest absolute Gasteiger partial charge is 0.241 e. The minimum absolute atomic E-state index is 0.184. The highest BCUT2D eigenvalue weighted by molar-refractivity contribution is 9.10. The lowest BCUT2D eigenvalue weighted by Gasteiger charge is -2.07. The van der Waals surface area contributed by atoms with Crippen molar-refractivity contribution in [3.8, 4) is 5.75 Å². The number of sulfonamides is 1. The average molecular weight is 284 g/mol. The summed E-state index contributed by atoms with van der Waals surface area (Å²) in [4.78, 5) is -0.586. The first-order valence-corrected chi connectivity index (χ1v) is 5.76. The van der Waals surface area contributed by atoms with Crippen LogP contribution in [-0.4, -0.2) is 15.5 Å². The van der Waals surface area contributed by atoms with Gasteiger partial charge in [-0.05, 0) is 28.1 Å². The first kappa shape index (κ1) is 11.4. The second kappa shape index (κ2) is 3.84. The Balaban J connectivity index is 3.52. The van der Waals surface area contributed by atoms with Crippen molar-refractivity contribution in [2.45, 2.75) is 4.90 Å². The lowest BCUT2D eigenvalue weighted by Crippen LogP contribution is -2.14. The Morgan fingerprint density at radius 3 is 2.50 bits per heavy atom. The number of hydrogen-bond acceptors (Lipinski definition) is 3. The SMILES string of the molecule is COc1c(Br)ccc(S(N)(=O)=O)c1F. The topological polar surface area (TPSA) is 69.4 Å². The predicted octanol–water partition coefficient (Wildman–Crippen LogP) is 1.24. The van der Waals surface area contributed by atoms with Gasteiger partial charge in [0.2, 0.25) is 10.0 Å². The van der Waals surface area contributed by atoms with Crippen LogP contribution >= 0.6 is 15.9 Å². The Bertz CT molecular complexity index is 460. The van der Waals surface area contributed by atoms with E-state index in [1.165, 1.54) is 13.2 Å². The standard InChI is InChI=1S/C7H7BrFNO3S/c1-13-7-4(8)2-3-5(6(7)9)14(10,11)12/h2-3H,1H3,(H2,10,11,12). The highest BCUT2D eigenvalue weighted by atomic mass is 79.9. The summed E-state index contributed by atoms with van der Waals surface area (Å²) in [7, 11) is -2.83. The summed E-state index contributed by atoms with van der Waals surface area (Å²) in [6.07, 6.45) is 0. The number of hydrogen-bond donors (Lipinski definition) is 1. The predicted molar refractivity (Wildman–Crippen MR) is 52.0 cm³/mol. The van der Waals surface area contributed by atoms with E-state index in [-0.39, 0.29) is 5.75 Å². The number of methoxy groups -OCH3 is 1. The van der Waals surface area contributed by atoms with Gasteiger partial charge in [-0.2, -0.15) is 0 Å². The number of primary sulfonamides is 1. The van der Waals surface area contributed by atoms with Crippen LogP contribution in [0.15, 0.2) is 21.5 Å². The van der Waals surface area contributed by atoms with Gasteiger partial charge in [-0.25, -0.2) is 17.9 Å². The van der Waals surface area contributed by atoms with E-state index in [1.54, 1.807) is 0 Å². The van der Waals surface area contributed by atoms with E-state index < -0.39 is 20.7 Å². The first-order valence-electron chi connectivity index (χ1n) is 3.42. The molecule has 0 bridgehead atoms. The Morgan fingerprint density at radius 2 is 2.07 bits per heavy atom. The van der Waals surface area contributed by atoms with Gasteiger partial charge in [0, 0.05) is 0 Å². The molecule has 0 unspecified atom stereocenters. The van der Waals surface area contributed by atoms with E-state index in [2.05, 4.69) is 20.7 Å². The second-order valence-corrected chi connectivity index (χ2v) is 4.82. The third kappa shape index (κ3) is 2.05. The monoisotopic (exact) mass is 283 g/mol. The van der Waals surface area contributed by atoms with E-state index >= 15 is 0 Å². The zero-order chi connectivity index (χ0) is 10.9. The molecule has 0 spiro atoms.